The Morgan fingerprint density at radius 3 is 3.00 bits per heavy atom. The van der Waals surface area contributed by atoms with E-state index in [2.05, 4.69) is 34.4 Å². The maximum Gasteiger partial charge on any atom is 0.131 e. The number of ether oxygens (including phenoxy) is 1. The molecule has 0 amide bonds. The second-order valence-electron chi connectivity index (χ2n) is 4.41. The van der Waals surface area contributed by atoms with Crippen LogP contribution in [0.3, 0.4) is 0 Å². The molecule has 2 heterocycles. The van der Waals surface area contributed by atoms with Crippen LogP contribution in [0.25, 0.3) is 0 Å². The number of rotatable bonds is 4. The molecule has 1 aliphatic heterocycles. The van der Waals surface area contributed by atoms with Gasteiger partial charge in [0.2, 0.25) is 0 Å². The Kier molecular flexibility index (Phi) is 4.14. The quantitative estimate of drug-likeness (QED) is 0.834. The lowest BCUT2D eigenvalue weighted by atomic mass is 9.98. The maximum absolute atomic E-state index is 5.43. The second-order valence-corrected chi connectivity index (χ2v) is 4.41. The average Bonchev–Trinajstić information content (AvgIpc) is 2.33. The number of nitrogens with one attached hydrogen (secondary N) is 2. The van der Waals surface area contributed by atoms with Crippen molar-refractivity contribution in [2.75, 3.05) is 30.4 Å². The maximum atomic E-state index is 5.43. The summed E-state index contributed by atoms with van der Waals surface area (Å²) in [6, 6.07) is 2.39. The van der Waals surface area contributed by atoms with Crippen molar-refractivity contribution < 1.29 is 4.74 Å². The van der Waals surface area contributed by atoms with Gasteiger partial charge in [-0.2, -0.15) is 0 Å². The molecule has 0 aromatic carbocycles. The monoisotopic (exact) mass is 236 g/mol. The molecule has 2 N–H and O–H groups in total. The van der Waals surface area contributed by atoms with Crippen molar-refractivity contribution in [2.24, 2.45) is 5.92 Å². The Morgan fingerprint density at radius 1 is 1.41 bits per heavy atom. The molecule has 0 bridgehead atoms. The molecular weight excluding hydrogens is 216 g/mol. The Balaban J connectivity index is 1.99. The number of anilines is 2. The van der Waals surface area contributed by atoms with Crippen LogP contribution in [0.4, 0.5) is 11.6 Å². The molecule has 5 nitrogen and oxygen atoms in total. The molecule has 17 heavy (non-hydrogen) atoms. The van der Waals surface area contributed by atoms with Crippen LogP contribution in [0, 0.1) is 5.92 Å². The molecule has 0 radical (unpaired) electrons. The Labute approximate surface area is 102 Å². The Hall–Kier alpha value is -1.36. The van der Waals surface area contributed by atoms with Gasteiger partial charge in [0, 0.05) is 25.3 Å². The van der Waals surface area contributed by atoms with Crippen LogP contribution in [0.5, 0.6) is 0 Å². The predicted octanol–water partition coefficient (Wildman–Crippen LogP) is 1.75. The van der Waals surface area contributed by atoms with Crippen LogP contribution in [-0.4, -0.2) is 35.8 Å². The number of nitrogens with zero attached hydrogens (tertiary/aromatic N) is 2. The van der Waals surface area contributed by atoms with E-state index < -0.39 is 0 Å². The fraction of sp³-hybridized carbons (Fsp3) is 0.667. The molecule has 94 valence electrons. The summed E-state index contributed by atoms with van der Waals surface area (Å²) in [7, 11) is 0. The van der Waals surface area contributed by atoms with Gasteiger partial charge < -0.3 is 15.4 Å². The second kappa shape index (κ2) is 5.82. The SMILES string of the molecule is CCNc1cc(NC2CCOCC2C)ncn1. The summed E-state index contributed by atoms with van der Waals surface area (Å²) >= 11 is 0. The Bertz CT molecular complexity index is 358. The topological polar surface area (TPSA) is 59.1 Å². The lowest BCUT2D eigenvalue weighted by molar-refractivity contribution is 0.0537. The molecule has 2 unspecified atom stereocenters. The summed E-state index contributed by atoms with van der Waals surface area (Å²) in [5.74, 6) is 2.26. The summed E-state index contributed by atoms with van der Waals surface area (Å²) in [4.78, 5) is 8.40. The van der Waals surface area contributed by atoms with E-state index in [0.29, 0.717) is 12.0 Å². The van der Waals surface area contributed by atoms with Crippen molar-refractivity contribution in [1.29, 1.82) is 0 Å². The third-order valence-electron chi connectivity index (χ3n) is 3.00. The number of hydrogen-bond donors (Lipinski definition) is 2. The zero-order valence-electron chi connectivity index (χ0n) is 10.4. The molecular formula is C12H20N4O. The van der Waals surface area contributed by atoms with Gasteiger partial charge in [0.15, 0.2) is 0 Å². The molecule has 2 atom stereocenters. The van der Waals surface area contributed by atoms with Gasteiger partial charge in [-0.25, -0.2) is 9.97 Å². The third kappa shape index (κ3) is 3.30. The van der Waals surface area contributed by atoms with E-state index in [0.717, 1.165) is 37.8 Å². The van der Waals surface area contributed by atoms with E-state index in [1.165, 1.54) is 0 Å². The zero-order valence-corrected chi connectivity index (χ0v) is 10.4. The van der Waals surface area contributed by atoms with Crippen LogP contribution in [0.2, 0.25) is 0 Å². The summed E-state index contributed by atoms with van der Waals surface area (Å²) in [5.41, 5.74) is 0. The standard InChI is InChI=1S/C12H20N4O/c1-3-13-11-6-12(15-8-14-11)16-10-4-5-17-7-9(10)2/h6,8-10H,3-5,7H2,1-2H3,(H2,13,14,15,16). The van der Waals surface area contributed by atoms with E-state index in [1.54, 1.807) is 6.33 Å². The highest BCUT2D eigenvalue weighted by atomic mass is 16.5. The van der Waals surface area contributed by atoms with Crippen LogP contribution in [0.15, 0.2) is 12.4 Å². The summed E-state index contributed by atoms with van der Waals surface area (Å²) in [6.45, 7) is 6.76. The van der Waals surface area contributed by atoms with Crippen LogP contribution < -0.4 is 10.6 Å². The van der Waals surface area contributed by atoms with Crippen molar-refractivity contribution >= 4 is 11.6 Å². The minimum atomic E-state index is 0.438. The summed E-state index contributed by atoms with van der Waals surface area (Å²) in [5, 5.41) is 6.64. The van der Waals surface area contributed by atoms with Gasteiger partial charge in [0.25, 0.3) is 0 Å². The molecule has 2 rings (SSSR count). The summed E-state index contributed by atoms with van der Waals surface area (Å²) in [6.07, 6.45) is 2.62. The van der Waals surface area contributed by atoms with Gasteiger partial charge in [-0.1, -0.05) is 6.92 Å². The molecule has 1 aromatic heterocycles. The third-order valence-corrected chi connectivity index (χ3v) is 3.00. The molecule has 1 fully saturated rings. The Morgan fingerprint density at radius 2 is 2.24 bits per heavy atom. The lowest BCUT2D eigenvalue weighted by Gasteiger charge is -2.29. The molecule has 1 aromatic rings. The highest BCUT2D eigenvalue weighted by Gasteiger charge is 2.21. The van der Waals surface area contributed by atoms with E-state index in [9.17, 15) is 0 Å². The van der Waals surface area contributed by atoms with Crippen LogP contribution >= 0.6 is 0 Å². The molecule has 1 saturated heterocycles. The minimum Gasteiger partial charge on any atom is -0.381 e. The zero-order chi connectivity index (χ0) is 12.1. The van der Waals surface area contributed by atoms with Gasteiger partial charge in [-0.05, 0) is 19.3 Å². The highest BCUT2D eigenvalue weighted by molar-refractivity contribution is 5.46. The molecule has 0 saturated carbocycles. The first-order chi connectivity index (χ1) is 8.29. The van der Waals surface area contributed by atoms with Crippen molar-refractivity contribution in [2.45, 2.75) is 26.3 Å². The van der Waals surface area contributed by atoms with E-state index in [1.807, 2.05) is 6.07 Å². The normalized spacial score (nSPS) is 24.4. The van der Waals surface area contributed by atoms with Gasteiger partial charge in [0.05, 0.1) is 6.61 Å². The van der Waals surface area contributed by atoms with Crippen molar-refractivity contribution in [3.05, 3.63) is 12.4 Å². The largest absolute Gasteiger partial charge is 0.381 e. The van der Waals surface area contributed by atoms with Gasteiger partial charge in [-0.15, -0.1) is 0 Å². The first-order valence-electron chi connectivity index (χ1n) is 6.19. The molecule has 0 spiro atoms. The van der Waals surface area contributed by atoms with E-state index in [4.69, 9.17) is 4.74 Å². The molecule has 1 aliphatic rings. The lowest BCUT2D eigenvalue weighted by Crippen LogP contribution is -2.36. The average molecular weight is 236 g/mol. The number of hydrogen-bond acceptors (Lipinski definition) is 5. The van der Waals surface area contributed by atoms with Crippen LogP contribution in [0.1, 0.15) is 20.3 Å². The minimum absolute atomic E-state index is 0.438. The van der Waals surface area contributed by atoms with E-state index in [-0.39, 0.29) is 0 Å². The fourth-order valence-electron chi connectivity index (χ4n) is 2.00. The first-order valence-corrected chi connectivity index (χ1v) is 6.19. The summed E-state index contributed by atoms with van der Waals surface area (Å²) < 4.78 is 5.43. The van der Waals surface area contributed by atoms with E-state index >= 15 is 0 Å². The van der Waals surface area contributed by atoms with Gasteiger partial charge >= 0.3 is 0 Å². The van der Waals surface area contributed by atoms with Crippen LogP contribution in [-0.2, 0) is 4.74 Å². The van der Waals surface area contributed by atoms with Crippen molar-refractivity contribution in [3.8, 4) is 0 Å². The molecule has 5 heteroatoms. The van der Waals surface area contributed by atoms with Gasteiger partial charge in [0.1, 0.15) is 18.0 Å². The van der Waals surface area contributed by atoms with Gasteiger partial charge in [-0.3, -0.25) is 0 Å². The van der Waals surface area contributed by atoms with Crippen molar-refractivity contribution in [3.63, 3.8) is 0 Å². The first kappa shape index (κ1) is 12.1. The fourth-order valence-corrected chi connectivity index (χ4v) is 2.00. The number of aromatic nitrogens is 2. The van der Waals surface area contributed by atoms with Crippen molar-refractivity contribution in [1.82, 2.24) is 9.97 Å². The molecule has 0 aliphatic carbocycles. The smallest absolute Gasteiger partial charge is 0.131 e. The highest BCUT2D eigenvalue weighted by Crippen LogP contribution is 2.19. The predicted molar refractivity (Wildman–Crippen MR) is 68.2 cm³/mol.